The fraction of sp³-hybridized carbons (Fsp3) is 0.417. The van der Waals surface area contributed by atoms with Crippen LogP contribution in [0.5, 0.6) is 0 Å². The Hall–Kier alpha value is -2.16. The van der Waals surface area contributed by atoms with E-state index in [1.54, 1.807) is 0 Å². The number of anilines is 1. The first kappa shape index (κ1) is 15.2. The van der Waals surface area contributed by atoms with Gasteiger partial charge in [-0.2, -0.15) is 0 Å². The maximum atomic E-state index is 11.6. The Bertz CT molecular complexity index is 696. The summed E-state index contributed by atoms with van der Waals surface area (Å²) in [5.74, 6) is -1.21. The summed E-state index contributed by atoms with van der Waals surface area (Å²) < 4.78 is 23.3. The Labute approximate surface area is 120 Å². The molecule has 9 heteroatoms. The molecule has 21 heavy (non-hydrogen) atoms. The first-order valence-corrected chi connectivity index (χ1v) is 8.07. The van der Waals surface area contributed by atoms with Gasteiger partial charge in [-0.15, -0.1) is 0 Å². The number of hydrogen-bond acceptors (Lipinski definition) is 6. The lowest BCUT2D eigenvalue weighted by Crippen LogP contribution is -2.31. The maximum Gasteiger partial charge on any atom is 0.326 e. The lowest BCUT2D eigenvalue weighted by Gasteiger charge is -2.15. The van der Waals surface area contributed by atoms with Gasteiger partial charge >= 0.3 is 11.7 Å². The lowest BCUT2D eigenvalue weighted by atomic mass is 10.1. The molecule has 1 aliphatic rings. The van der Waals surface area contributed by atoms with E-state index in [0.717, 1.165) is 25.2 Å². The fourth-order valence-corrected chi connectivity index (χ4v) is 2.97. The molecule has 0 aromatic heterocycles. The van der Waals surface area contributed by atoms with Crippen molar-refractivity contribution in [1.82, 2.24) is 0 Å². The molecule has 1 atom stereocenters. The highest BCUT2D eigenvalue weighted by Crippen LogP contribution is 2.37. The number of aliphatic carboxylic acids is 1. The van der Waals surface area contributed by atoms with Crippen molar-refractivity contribution < 1.29 is 23.2 Å². The number of carbonyl (C=O) groups is 1. The fourth-order valence-electron chi connectivity index (χ4n) is 2.10. The zero-order valence-electron chi connectivity index (χ0n) is 11.1. The molecule has 0 radical (unpaired) electrons. The monoisotopic (exact) mass is 314 g/mol. The number of carboxylic acids is 1. The number of rotatable bonds is 6. The number of nitro benzene ring substituents is 1. The zero-order valence-corrected chi connectivity index (χ0v) is 12.0. The number of sulfone groups is 1. The van der Waals surface area contributed by atoms with Crippen molar-refractivity contribution in [2.45, 2.75) is 23.8 Å². The molecule has 1 aromatic rings. The van der Waals surface area contributed by atoms with Crippen LogP contribution in [0.2, 0.25) is 0 Å². The Balaban J connectivity index is 2.48. The van der Waals surface area contributed by atoms with Crippen LogP contribution in [0.1, 0.15) is 12.8 Å². The summed E-state index contributed by atoms with van der Waals surface area (Å²) in [6.45, 7) is 0. The minimum Gasteiger partial charge on any atom is -0.480 e. The number of para-hydroxylation sites is 1. The van der Waals surface area contributed by atoms with Crippen molar-refractivity contribution in [2.24, 2.45) is 5.92 Å². The van der Waals surface area contributed by atoms with Gasteiger partial charge < -0.3 is 10.4 Å². The van der Waals surface area contributed by atoms with Crippen LogP contribution in [-0.4, -0.2) is 36.7 Å². The van der Waals surface area contributed by atoms with E-state index in [1.165, 1.54) is 12.1 Å². The van der Waals surface area contributed by atoms with E-state index < -0.39 is 37.4 Å². The van der Waals surface area contributed by atoms with E-state index in [1.807, 2.05) is 0 Å². The zero-order chi connectivity index (χ0) is 15.8. The summed E-state index contributed by atoms with van der Waals surface area (Å²) in [6.07, 6.45) is 2.32. The minimum absolute atomic E-state index is 0.0935. The average molecular weight is 314 g/mol. The van der Waals surface area contributed by atoms with Gasteiger partial charge in [-0.1, -0.05) is 6.07 Å². The second kappa shape index (κ2) is 5.32. The van der Waals surface area contributed by atoms with Gasteiger partial charge in [0, 0.05) is 6.26 Å². The molecular formula is C12H14N2O6S. The topological polar surface area (TPSA) is 127 Å². The molecule has 2 rings (SSSR count). The average Bonchev–Trinajstić information content (AvgIpc) is 3.17. The molecule has 1 fully saturated rings. The van der Waals surface area contributed by atoms with Crippen molar-refractivity contribution in [3.63, 3.8) is 0 Å². The third-order valence-corrected chi connectivity index (χ3v) is 4.38. The van der Waals surface area contributed by atoms with Gasteiger partial charge in [-0.3, -0.25) is 10.1 Å². The van der Waals surface area contributed by atoms with Gasteiger partial charge in [-0.25, -0.2) is 13.2 Å². The van der Waals surface area contributed by atoms with E-state index in [4.69, 9.17) is 5.11 Å². The molecule has 0 spiro atoms. The number of nitro groups is 1. The molecular weight excluding hydrogens is 300 g/mol. The third-order valence-electron chi connectivity index (χ3n) is 3.25. The van der Waals surface area contributed by atoms with Crippen LogP contribution >= 0.6 is 0 Å². The first-order valence-electron chi connectivity index (χ1n) is 6.18. The minimum atomic E-state index is -3.79. The first-order chi connectivity index (χ1) is 9.71. The van der Waals surface area contributed by atoms with E-state index in [9.17, 15) is 23.3 Å². The Morgan fingerprint density at radius 3 is 2.52 bits per heavy atom. The van der Waals surface area contributed by atoms with Crippen molar-refractivity contribution in [3.05, 3.63) is 28.3 Å². The quantitative estimate of drug-likeness (QED) is 0.598. The van der Waals surface area contributed by atoms with Crippen LogP contribution in [-0.2, 0) is 14.6 Å². The van der Waals surface area contributed by atoms with Crippen LogP contribution in [0.15, 0.2) is 23.1 Å². The van der Waals surface area contributed by atoms with Crippen LogP contribution in [0.25, 0.3) is 0 Å². The van der Waals surface area contributed by atoms with Crippen LogP contribution in [0.4, 0.5) is 11.4 Å². The van der Waals surface area contributed by atoms with Gasteiger partial charge in [0.25, 0.3) is 0 Å². The van der Waals surface area contributed by atoms with Gasteiger partial charge in [0.1, 0.15) is 16.6 Å². The van der Waals surface area contributed by atoms with Crippen LogP contribution in [0, 0.1) is 16.0 Å². The van der Waals surface area contributed by atoms with E-state index in [2.05, 4.69) is 5.32 Å². The van der Waals surface area contributed by atoms with Gasteiger partial charge in [0.2, 0.25) is 0 Å². The largest absolute Gasteiger partial charge is 0.480 e. The van der Waals surface area contributed by atoms with E-state index >= 15 is 0 Å². The number of nitrogens with zero attached hydrogens (tertiary/aromatic N) is 1. The second-order valence-electron chi connectivity index (χ2n) is 4.98. The molecule has 0 bridgehead atoms. The van der Waals surface area contributed by atoms with Crippen molar-refractivity contribution in [3.8, 4) is 0 Å². The highest BCUT2D eigenvalue weighted by molar-refractivity contribution is 7.90. The molecule has 1 unspecified atom stereocenters. The van der Waals surface area contributed by atoms with Gasteiger partial charge in [-0.05, 0) is 30.9 Å². The smallest absolute Gasteiger partial charge is 0.326 e. The number of carboxylic acid groups (broad SMARTS) is 1. The highest BCUT2D eigenvalue weighted by atomic mass is 32.2. The molecule has 0 aliphatic heterocycles. The summed E-state index contributed by atoms with van der Waals surface area (Å²) in [5, 5.41) is 22.9. The summed E-state index contributed by atoms with van der Waals surface area (Å²) in [4.78, 5) is 21.1. The number of benzene rings is 1. The van der Waals surface area contributed by atoms with Crippen molar-refractivity contribution in [1.29, 1.82) is 0 Å². The molecule has 1 aromatic carbocycles. The second-order valence-corrected chi connectivity index (χ2v) is 6.96. The normalized spacial score (nSPS) is 16.2. The summed E-state index contributed by atoms with van der Waals surface area (Å²) in [7, 11) is -3.79. The highest BCUT2D eigenvalue weighted by Gasteiger charge is 2.38. The lowest BCUT2D eigenvalue weighted by molar-refractivity contribution is -0.386. The summed E-state index contributed by atoms with van der Waals surface area (Å²) >= 11 is 0. The van der Waals surface area contributed by atoms with Gasteiger partial charge in [0.05, 0.1) is 4.92 Å². The number of nitrogens with one attached hydrogen (secondary N) is 1. The molecule has 0 saturated heterocycles. The summed E-state index contributed by atoms with van der Waals surface area (Å²) in [5.41, 5.74) is -0.714. The molecule has 1 aliphatic carbocycles. The van der Waals surface area contributed by atoms with Crippen LogP contribution in [0.3, 0.4) is 0 Å². The SMILES string of the molecule is CS(=O)(=O)c1cccc(NC(C(=O)O)C2CC2)c1[N+](=O)[O-]. The third kappa shape index (κ3) is 3.30. The van der Waals surface area contributed by atoms with Crippen LogP contribution < -0.4 is 5.32 Å². The Morgan fingerprint density at radius 1 is 1.48 bits per heavy atom. The molecule has 114 valence electrons. The van der Waals surface area contributed by atoms with Gasteiger partial charge in [0.15, 0.2) is 9.84 Å². The predicted molar refractivity (Wildman–Crippen MR) is 74.0 cm³/mol. The predicted octanol–water partition coefficient (Wildman–Crippen LogP) is 1.27. The Kier molecular flexibility index (Phi) is 3.86. The molecule has 8 nitrogen and oxygen atoms in total. The Morgan fingerprint density at radius 2 is 2.10 bits per heavy atom. The van der Waals surface area contributed by atoms with Crippen molar-refractivity contribution >= 4 is 27.2 Å². The molecule has 0 heterocycles. The van der Waals surface area contributed by atoms with Crippen molar-refractivity contribution in [2.75, 3.05) is 11.6 Å². The molecule has 1 saturated carbocycles. The molecule has 0 amide bonds. The van der Waals surface area contributed by atoms with E-state index in [-0.39, 0.29) is 11.6 Å². The maximum absolute atomic E-state index is 11.6. The molecule has 2 N–H and O–H groups in total. The summed E-state index contributed by atoms with van der Waals surface area (Å²) in [6, 6.07) is 2.83. The standard InChI is InChI=1S/C12H14N2O6S/c1-21(19,20)9-4-2-3-8(11(9)14(17)18)13-10(12(15)16)7-5-6-7/h2-4,7,10,13H,5-6H2,1H3,(H,15,16). The van der Waals surface area contributed by atoms with E-state index in [0.29, 0.717) is 0 Å². The number of hydrogen-bond donors (Lipinski definition) is 2.